The van der Waals surface area contributed by atoms with E-state index in [-0.39, 0.29) is 0 Å². The summed E-state index contributed by atoms with van der Waals surface area (Å²) in [5, 5.41) is 0.608. The summed E-state index contributed by atoms with van der Waals surface area (Å²) in [5.74, 6) is 1.46. The van der Waals surface area contributed by atoms with Crippen LogP contribution in [0.5, 0.6) is 5.75 Å². The van der Waals surface area contributed by atoms with E-state index in [1.54, 1.807) is 13.2 Å². The Labute approximate surface area is 117 Å². The standard InChI is InChI=1S/C14H16ClN3O/c1-9-7-13(18-14(17-9)5-6-16)11-4-3-10(19-2)8-12(11)15/h3-4,7-8H,5-6,16H2,1-2H3. The smallest absolute Gasteiger partial charge is 0.130 e. The molecule has 2 N–H and O–H groups in total. The zero-order valence-electron chi connectivity index (χ0n) is 11.0. The summed E-state index contributed by atoms with van der Waals surface area (Å²) in [4.78, 5) is 8.85. The molecule has 100 valence electrons. The molecule has 4 nitrogen and oxygen atoms in total. The summed E-state index contributed by atoms with van der Waals surface area (Å²) in [6, 6.07) is 7.45. The highest BCUT2D eigenvalue weighted by molar-refractivity contribution is 6.33. The molecule has 0 radical (unpaired) electrons. The summed E-state index contributed by atoms with van der Waals surface area (Å²) < 4.78 is 5.14. The lowest BCUT2D eigenvalue weighted by molar-refractivity contribution is 0.415. The molecule has 0 saturated heterocycles. The maximum Gasteiger partial charge on any atom is 0.130 e. The number of nitrogens with two attached hydrogens (primary N) is 1. The van der Waals surface area contributed by atoms with E-state index >= 15 is 0 Å². The molecule has 1 aromatic heterocycles. The maximum atomic E-state index is 6.26. The first-order chi connectivity index (χ1) is 9.13. The summed E-state index contributed by atoms with van der Waals surface area (Å²) in [6.07, 6.45) is 0.655. The molecule has 0 aliphatic rings. The summed E-state index contributed by atoms with van der Waals surface area (Å²) in [6.45, 7) is 2.46. The number of aryl methyl sites for hydroxylation is 1. The molecular weight excluding hydrogens is 262 g/mol. The topological polar surface area (TPSA) is 61.0 Å². The molecule has 2 rings (SSSR count). The van der Waals surface area contributed by atoms with Crippen molar-refractivity contribution in [2.45, 2.75) is 13.3 Å². The van der Waals surface area contributed by atoms with Crippen molar-refractivity contribution in [3.05, 3.63) is 40.8 Å². The van der Waals surface area contributed by atoms with E-state index in [1.807, 2.05) is 25.1 Å². The number of rotatable bonds is 4. The Morgan fingerprint density at radius 1 is 1.26 bits per heavy atom. The normalized spacial score (nSPS) is 10.5. The molecule has 0 amide bonds. The third-order valence-corrected chi connectivity index (χ3v) is 3.03. The molecule has 0 atom stereocenters. The fourth-order valence-corrected chi connectivity index (χ4v) is 2.11. The number of aromatic nitrogens is 2. The number of hydrogen-bond acceptors (Lipinski definition) is 4. The molecule has 2 aromatic rings. The molecule has 0 spiro atoms. The van der Waals surface area contributed by atoms with Gasteiger partial charge >= 0.3 is 0 Å². The maximum absolute atomic E-state index is 6.26. The van der Waals surface area contributed by atoms with Gasteiger partial charge in [0.05, 0.1) is 17.8 Å². The van der Waals surface area contributed by atoms with Gasteiger partial charge in [0.2, 0.25) is 0 Å². The number of methoxy groups -OCH3 is 1. The van der Waals surface area contributed by atoms with Gasteiger partial charge in [0.1, 0.15) is 11.6 Å². The Morgan fingerprint density at radius 3 is 2.68 bits per heavy atom. The highest BCUT2D eigenvalue weighted by atomic mass is 35.5. The van der Waals surface area contributed by atoms with Crippen LogP contribution in [0.3, 0.4) is 0 Å². The molecule has 0 aliphatic carbocycles. The Morgan fingerprint density at radius 2 is 2.05 bits per heavy atom. The van der Waals surface area contributed by atoms with E-state index in [9.17, 15) is 0 Å². The monoisotopic (exact) mass is 277 g/mol. The average Bonchev–Trinajstić information content (AvgIpc) is 2.38. The van der Waals surface area contributed by atoms with Crippen LogP contribution in [-0.2, 0) is 6.42 Å². The molecule has 0 unspecified atom stereocenters. The lowest BCUT2D eigenvalue weighted by Crippen LogP contribution is -2.07. The minimum absolute atomic E-state index is 0.527. The zero-order valence-corrected chi connectivity index (χ0v) is 11.7. The van der Waals surface area contributed by atoms with E-state index in [0.717, 1.165) is 28.5 Å². The SMILES string of the molecule is COc1ccc(-c2cc(C)nc(CCN)n2)c(Cl)c1. The number of nitrogens with zero attached hydrogens (tertiary/aromatic N) is 2. The van der Waals surface area contributed by atoms with Crippen LogP contribution in [0.2, 0.25) is 5.02 Å². The van der Waals surface area contributed by atoms with Gasteiger partial charge in [-0.25, -0.2) is 9.97 Å². The minimum Gasteiger partial charge on any atom is -0.497 e. The fraction of sp³-hybridized carbons (Fsp3) is 0.286. The van der Waals surface area contributed by atoms with Gasteiger partial charge in [-0.05, 0) is 37.7 Å². The molecule has 0 saturated carbocycles. The Balaban J connectivity index is 2.46. The third-order valence-electron chi connectivity index (χ3n) is 2.72. The first-order valence-corrected chi connectivity index (χ1v) is 6.40. The van der Waals surface area contributed by atoms with Crippen molar-refractivity contribution in [3.8, 4) is 17.0 Å². The van der Waals surface area contributed by atoms with Crippen molar-refractivity contribution in [1.29, 1.82) is 0 Å². The van der Waals surface area contributed by atoms with Gasteiger partial charge < -0.3 is 10.5 Å². The second kappa shape index (κ2) is 5.99. The van der Waals surface area contributed by atoms with Crippen LogP contribution in [0, 0.1) is 6.92 Å². The van der Waals surface area contributed by atoms with E-state index in [4.69, 9.17) is 22.1 Å². The van der Waals surface area contributed by atoms with E-state index in [0.29, 0.717) is 18.0 Å². The fourth-order valence-electron chi connectivity index (χ4n) is 1.84. The zero-order chi connectivity index (χ0) is 13.8. The molecule has 19 heavy (non-hydrogen) atoms. The van der Waals surface area contributed by atoms with Crippen molar-refractivity contribution in [3.63, 3.8) is 0 Å². The lowest BCUT2D eigenvalue weighted by atomic mass is 10.1. The lowest BCUT2D eigenvalue weighted by Gasteiger charge is -2.08. The van der Waals surface area contributed by atoms with Gasteiger partial charge in [-0.1, -0.05) is 11.6 Å². The molecule has 1 aromatic carbocycles. The highest BCUT2D eigenvalue weighted by Crippen LogP contribution is 2.30. The number of benzene rings is 1. The van der Waals surface area contributed by atoms with Crippen molar-refractivity contribution >= 4 is 11.6 Å². The third kappa shape index (κ3) is 3.22. The summed E-state index contributed by atoms with van der Waals surface area (Å²) >= 11 is 6.26. The van der Waals surface area contributed by atoms with Crippen LogP contribution >= 0.6 is 11.6 Å². The largest absolute Gasteiger partial charge is 0.497 e. The number of ether oxygens (including phenoxy) is 1. The molecule has 0 bridgehead atoms. The summed E-state index contributed by atoms with van der Waals surface area (Å²) in [5.41, 5.74) is 8.12. The van der Waals surface area contributed by atoms with Gasteiger partial charge in [-0.3, -0.25) is 0 Å². The van der Waals surface area contributed by atoms with Crippen molar-refractivity contribution in [2.75, 3.05) is 13.7 Å². The number of hydrogen-bond donors (Lipinski definition) is 1. The molecule has 5 heteroatoms. The number of halogens is 1. The van der Waals surface area contributed by atoms with E-state index in [2.05, 4.69) is 9.97 Å². The van der Waals surface area contributed by atoms with E-state index < -0.39 is 0 Å². The van der Waals surface area contributed by atoms with Gasteiger partial charge in [0.15, 0.2) is 0 Å². The van der Waals surface area contributed by atoms with Crippen LogP contribution < -0.4 is 10.5 Å². The first-order valence-electron chi connectivity index (χ1n) is 6.02. The second-order valence-electron chi connectivity index (χ2n) is 4.20. The van der Waals surface area contributed by atoms with Crippen LogP contribution in [-0.4, -0.2) is 23.6 Å². The minimum atomic E-state index is 0.527. The second-order valence-corrected chi connectivity index (χ2v) is 4.60. The van der Waals surface area contributed by atoms with Gasteiger partial charge in [0, 0.05) is 17.7 Å². The molecule has 0 fully saturated rings. The molecular formula is C14H16ClN3O. The first kappa shape index (κ1) is 13.8. The van der Waals surface area contributed by atoms with Crippen molar-refractivity contribution in [2.24, 2.45) is 5.73 Å². The Hall–Kier alpha value is -1.65. The average molecular weight is 278 g/mol. The van der Waals surface area contributed by atoms with Gasteiger partial charge in [-0.2, -0.15) is 0 Å². The van der Waals surface area contributed by atoms with Crippen LogP contribution in [0.4, 0.5) is 0 Å². The Kier molecular flexibility index (Phi) is 4.35. The summed E-state index contributed by atoms with van der Waals surface area (Å²) in [7, 11) is 1.61. The molecule has 1 heterocycles. The van der Waals surface area contributed by atoms with E-state index in [1.165, 1.54) is 0 Å². The van der Waals surface area contributed by atoms with Crippen molar-refractivity contribution < 1.29 is 4.74 Å². The van der Waals surface area contributed by atoms with Crippen LogP contribution in [0.15, 0.2) is 24.3 Å². The predicted molar refractivity (Wildman–Crippen MR) is 76.5 cm³/mol. The van der Waals surface area contributed by atoms with Crippen LogP contribution in [0.25, 0.3) is 11.3 Å². The molecule has 0 aliphatic heterocycles. The van der Waals surface area contributed by atoms with Crippen LogP contribution in [0.1, 0.15) is 11.5 Å². The van der Waals surface area contributed by atoms with Crippen molar-refractivity contribution in [1.82, 2.24) is 9.97 Å². The quantitative estimate of drug-likeness (QED) is 0.933. The van der Waals surface area contributed by atoms with Gasteiger partial charge in [-0.15, -0.1) is 0 Å². The highest BCUT2D eigenvalue weighted by Gasteiger charge is 2.09. The predicted octanol–water partition coefficient (Wildman–Crippen LogP) is 2.62. The van der Waals surface area contributed by atoms with Gasteiger partial charge in [0.25, 0.3) is 0 Å². The Bertz CT molecular complexity index is 587.